The molecular formula is C21H19N5. The van der Waals surface area contributed by atoms with Crippen molar-refractivity contribution in [1.29, 1.82) is 0 Å². The third kappa shape index (κ3) is 2.62. The highest BCUT2D eigenvalue weighted by Crippen LogP contribution is 2.23. The Morgan fingerprint density at radius 1 is 1.12 bits per heavy atom. The molecule has 0 saturated carbocycles. The van der Waals surface area contributed by atoms with Gasteiger partial charge in [0.05, 0.1) is 25.3 Å². The first kappa shape index (κ1) is 15.1. The predicted octanol–water partition coefficient (Wildman–Crippen LogP) is 3.81. The van der Waals surface area contributed by atoms with Crippen molar-refractivity contribution >= 4 is 28.1 Å². The monoisotopic (exact) mass is 341 g/mol. The second-order valence-corrected chi connectivity index (χ2v) is 6.82. The van der Waals surface area contributed by atoms with Crippen molar-refractivity contribution in [2.45, 2.75) is 20.0 Å². The second kappa shape index (κ2) is 5.95. The number of hydrogen-bond donors (Lipinski definition) is 1. The molecule has 5 heteroatoms. The summed E-state index contributed by atoms with van der Waals surface area (Å²) in [6, 6.07) is 12.6. The van der Waals surface area contributed by atoms with Crippen LogP contribution in [0.5, 0.6) is 0 Å². The van der Waals surface area contributed by atoms with E-state index in [1.165, 1.54) is 22.0 Å². The number of allylic oxidation sites excluding steroid dienone is 1. The van der Waals surface area contributed by atoms with Crippen molar-refractivity contribution in [1.82, 2.24) is 9.55 Å². The second-order valence-electron chi connectivity index (χ2n) is 6.82. The van der Waals surface area contributed by atoms with Crippen molar-refractivity contribution in [2.24, 2.45) is 9.98 Å². The minimum Gasteiger partial charge on any atom is -0.341 e. The third-order valence-electron chi connectivity index (χ3n) is 4.83. The van der Waals surface area contributed by atoms with E-state index in [4.69, 9.17) is 0 Å². The van der Waals surface area contributed by atoms with Crippen molar-refractivity contribution in [3.8, 4) is 0 Å². The number of rotatable bonds is 3. The normalized spacial score (nSPS) is 15.7. The van der Waals surface area contributed by atoms with Crippen LogP contribution in [0.4, 0.5) is 5.69 Å². The lowest BCUT2D eigenvalue weighted by molar-refractivity contribution is 0.898. The standard InChI is InChI=1S/C21H19N5/c1-14-9-18(23-11-14)13-26-8-6-15-10-17(4-5-19(15)26)25-21-20-16(12-24-21)3-2-7-22-20/h2-10H,11-13H2,1H3,(H,24,25). The van der Waals surface area contributed by atoms with Gasteiger partial charge >= 0.3 is 0 Å². The first-order valence-corrected chi connectivity index (χ1v) is 8.81. The molecule has 1 N–H and O–H groups in total. The minimum absolute atomic E-state index is 0.694. The highest BCUT2D eigenvalue weighted by Gasteiger charge is 2.17. The van der Waals surface area contributed by atoms with Gasteiger partial charge in [-0.3, -0.25) is 15.0 Å². The molecule has 128 valence electrons. The van der Waals surface area contributed by atoms with Crippen LogP contribution in [0.1, 0.15) is 18.2 Å². The van der Waals surface area contributed by atoms with Crippen LogP contribution in [0.25, 0.3) is 10.9 Å². The summed E-state index contributed by atoms with van der Waals surface area (Å²) in [5.41, 5.74) is 6.83. The van der Waals surface area contributed by atoms with E-state index in [1.54, 1.807) is 0 Å². The number of anilines is 1. The molecule has 2 aromatic heterocycles. The summed E-state index contributed by atoms with van der Waals surface area (Å²) >= 11 is 0. The van der Waals surface area contributed by atoms with Gasteiger partial charge in [0, 0.05) is 34.5 Å². The first-order valence-electron chi connectivity index (χ1n) is 8.81. The smallest absolute Gasteiger partial charge is 0.152 e. The molecule has 0 atom stereocenters. The van der Waals surface area contributed by atoms with Crippen LogP contribution < -0.4 is 5.32 Å². The maximum Gasteiger partial charge on any atom is 0.152 e. The van der Waals surface area contributed by atoms with Crippen molar-refractivity contribution in [3.05, 3.63) is 71.7 Å². The molecule has 0 aliphatic carbocycles. The molecular weight excluding hydrogens is 322 g/mol. The van der Waals surface area contributed by atoms with E-state index in [0.717, 1.165) is 36.0 Å². The van der Waals surface area contributed by atoms with Crippen LogP contribution in [0.15, 0.2) is 70.4 Å². The quantitative estimate of drug-likeness (QED) is 0.787. The van der Waals surface area contributed by atoms with Gasteiger partial charge in [-0.1, -0.05) is 11.6 Å². The van der Waals surface area contributed by atoms with Crippen LogP contribution in [0.2, 0.25) is 0 Å². The lowest BCUT2D eigenvalue weighted by Crippen LogP contribution is -2.13. The number of benzene rings is 1. The van der Waals surface area contributed by atoms with Gasteiger partial charge in [0.15, 0.2) is 5.84 Å². The van der Waals surface area contributed by atoms with E-state index in [0.29, 0.717) is 6.54 Å². The van der Waals surface area contributed by atoms with Gasteiger partial charge in [0.25, 0.3) is 0 Å². The molecule has 2 aliphatic rings. The fourth-order valence-corrected chi connectivity index (χ4v) is 3.54. The Bertz CT molecular complexity index is 1100. The fraction of sp³-hybridized carbons (Fsp3) is 0.190. The highest BCUT2D eigenvalue weighted by atomic mass is 15.0. The molecule has 0 bridgehead atoms. The van der Waals surface area contributed by atoms with E-state index >= 15 is 0 Å². The summed E-state index contributed by atoms with van der Waals surface area (Å²) in [5, 5.41) is 4.63. The summed E-state index contributed by atoms with van der Waals surface area (Å²) in [6.07, 6.45) is 6.12. The Morgan fingerprint density at radius 3 is 2.96 bits per heavy atom. The molecule has 3 aromatic rings. The lowest BCUT2D eigenvalue weighted by atomic mass is 10.2. The van der Waals surface area contributed by atoms with E-state index in [1.807, 2.05) is 12.3 Å². The Morgan fingerprint density at radius 2 is 2.08 bits per heavy atom. The van der Waals surface area contributed by atoms with Crippen LogP contribution in [0, 0.1) is 0 Å². The number of aliphatic imine (C=N–C) groups is 2. The summed E-state index contributed by atoms with van der Waals surface area (Å²) < 4.78 is 2.25. The van der Waals surface area contributed by atoms with Crippen molar-refractivity contribution < 1.29 is 0 Å². The average Bonchev–Trinajstić information content (AvgIpc) is 3.36. The van der Waals surface area contributed by atoms with Gasteiger partial charge < -0.3 is 9.88 Å². The molecule has 26 heavy (non-hydrogen) atoms. The molecule has 0 amide bonds. The van der Waals surface area contributed by atoms with Crippen molar-refractivity contribution in [2.75, 3.05) is 11.9 Å². The van der Waals surface area contributed by atoms with E-state index in [-0.39, 0.29) is 0 Å². The van der Waals surface area contributed by atoms with Crippen molar-refractivity contribution in [3.63, 3.8) is 0 Å². The van der Waals surface area contributed by atoms with Gasteiger partial charge in [-0.25, -0.2) is 0 Å². The van der Waals surface area contributed by atoms with Gasteiger partial charge in [0.1, 0.15) is 5.69 Å². The summed E-state index contributed by atoms with van der Waals surface area (Å²) in [4.78, 5) is 13.6. The zero-order chi connectivity index (χ0) is 17.5. The Balaban J connectivity index is 1.40. The number of fused-ring (bicyclic) bond motifs is 2. The van der Waals surface area contributed by atoms with Gasteiger partial charge in [-0.2, -0.15) is 0 Å². The molecule has 0 fully saturated rings. The highest BCUT2D eigenvalue weighted by molar-refractivity contribution is 6.10. The van der Waals surface area contributed by atoms with E-state index < -0.39 is 0 Å². The average molecular weight is 341 g/mol. The number of nitrogens with zero attached hydrogens (tertiary/aromatic N) is 4. The zero-order valence-corrected chi connectivity index (χ0v) is 14.6. The minimum atomic E-state index is 0.694. The number of hydrogen-bond acceptors (Lipinski definition) is 4. The van der Waals surface area contributed by atoms with Crippen LogP contribution in [-0.4, -0.2) is 27.6 Å². The van der Waals surface area contributed by atoms with Gasteiger partial charge in [-0.05, 0) is 43.3 Å². The summed E-state index contributed by atoms with van der Waals surface area (Å²) in [5.74, 6) is 0.848. The molecule has 1 aromatic carbocycles. The predicted molar refractivity (Wildman–Crippen MR) is 106 cm³/mol. The Labute approximate surface area is 151 Å². The largest absolute Gasteiger partial charge is 0.341 e. The molecule has 5 nitrogen and oxygen atoms in total. The zero-order valence-electron chi connectivity index (χ0n) is 14.6. The molecule has 2 aliphatic heterocycles. The Kier molecular flexibility index (Phi) is 3.45. The van der Waals surface area contributed by atoms with E-state index in [9.17, 15) is 0 Å². The molecule has 0 spiro atoms. The maximum absolute atomic E-state index is 4.58. The molecule has 0 unspecified atom stereocenters. The van der Waals surface area contributed by atoms with Crippen LogP contribution >= 0.6 is 0 Å². The first-order chi connectivity index (χ1) is 12.8. The van der Waals surface area contributed by atoms with Crippen LogP contribution in [0.3, 0.4) is 0 Å². The number of aromatic nitrogens is 2. The fourth-order valence-electron chi connectivity index (χ4n) is 3.54. The maximum atomic E-state index is 4.58. The Hall–Kier alpha value is -3.21. The number of pyridine rings is 1. The lowest BCUT2D eigenvalue weighted by Gasteiger charge is -2.08. The third-order valence-corrected chi connectivity index (χ3v) is 4.83. The molecule has 5 rings (SSSR count). The van der Waals surface area contributed by atoms with Gasteiger partial charge in [-0.15, -0.1) is 0 Å². The topological polar surface area (TPSA) is 54.6 Å². The van der Waals surface area contributed by atoms with Crippen LogP contribution in [-0.2, 0) is 13.1 Å². The number of nitrogens with one attached hydrogen (secondary N) is 1. The van der Waals surface area contributed by atoms with E-state index in [2.05, 4.69) is 74.4 Å². The number of amidine groups is 1. The summed E-state index contributed by atoms with van der Waals surface area (Å²) in [7, 11) is 0. The SMILES string of the molecule is CC1=CC(Cn2ccc3cc(NC4=NCc5cccnc54)ccc32)=NC1. The molecule has 4 heterocycles. The summed E-state index contributed by atoms with van der Waals surface area (Å²) in [6.45, 7) is 4.47. The molecule has 0 radical (unpaired) electrons. The molecule has 0 saturated heterocycles. The van der Waals surface area contributed by atoms with Gasteiger partial charge in [0.2, 0.25) is 0 Å².